The van der Waals surface area contributed by atoms with Crippen LogP contribution in [0.2, 0.25) is 0 Å². The molecule has 0 saturated carbocycles. The lowest BCUT2D eigenvalue weighted by Gasteiger charge is -2.05. The summed E-state index contributed by atoms with van der Waals surface area (Å²) in [5.74, 6) is -3.61. The second kappa shape index (κ2) is 4.18. The Balaban J connectivity index is 2.85. The van der Waals surface area contributed by atoms with Crippen LogP contribution in [0.1, 0.15) is 0 Å². The van der Waals surface area contributed by atoms with E-state index in [0.29, 0.717) is 4.47 Å². The van der Waals surface area contributed by atoms with Crippen LogP contribution >= 0.6 is 15.9 Å². The Kier molecular flexibility index (Phi) is 3.38. The highest BCUT2D eigenvalue weighted by Crippen LogP contribution is 2.13. The maximum Gasteiger partial charge on any atom is 0.355 e. The van der Waals surface area contributed by atoms with E-state index in [-0.39, 0.29) is 5.82 Å². The number of nitrogens with one attached hydrogen (secondary N) is 1. The predicted molar refractivity (Wildman–Crippen MR) is 50.5 cm³/mol. The number of anilines is 1. The molecule has 14 heavy (non-hydrogen) atoms. The molecule has 0 amide bonds. The molecule has 78 valence electrons. The molecule has 1 aromatic heterocycles. The monoisotopic (exact) mass is 286 g/mol. The minimum absolute atomic E-state index is 0.145. The Morgan fingerprint density at radius 1 is 1.43 bits per heavy atom. The third-order valence-electron chi connectivity index (χ3n) is 1.21. The van der Waals surface area contributed by atoms with Gasteiger partial charge < -0.3 is 0 Å². The molecule has 0 bridgehead atoms. The van der Waals surface area contributed by atoms with Crippen molar-refractivity contribution in [3.63, 3.8) is 0 Å². The van der Waals surface area contributed by atoms with Crippen LogP contribution in [0.25, 0.3) is 0 Å². The molecule has 0 radical (unpaired) electrons. The van der Waals surface area contributed by atoms with E-state index >= 15 is 0 Å². The van der Waals surface area contributed by atoms with Crippen LogP contribution in [-0.2, 0) is 10.0 Å². The molecule has 0 fully saturated rings. The first-order valence-corrected chi connectivity index (χ1v) is 5.67. The Bertz CT molecular complexity index is 406. The van der Waals surface area contributed by atoms with Crippen molar-refractivity contribution in [1.82, 2.24) is 4.98 Å². The van der Waals surface area contributed by atoms with Crippen LogP contribution in [0, 0.1) is 0 Å². The lowest BCUT2D eigenvalue weighted by Crippen LogP contribution is -2.21. The van der Waals surface area contributed by atoms with Gasteiger partial charge in [-0.2, -0.15) is 8.78 Å². The van der Waals surface area contributed by atoms with Crippen molar-refractivity contribution in [3.05, 3.63) is 22.8 Å². The number of alkyl halides is 2. The molecule has 1 aromatic rings. The second-order valence-corrected chi connectivity index (χ2v) is 4.84. The van der Waals surface area contributed by atoms with Gasteiger partial charge in [0.1, 0.15) is 5.82 Å². The van der Waals surface area contributed by atoms with Crippen molar-refractivity contribution >= 4 is 31.8 Å². The fourth-order valence-corrected chi connectivity index (χ4v) is 1.36. The molecule has 1 heterocycles. The van der Waals surface area contributed by atoms with Crippen molar-refractivity contribution in [1.29, 1.82) is 0 Å². The summed E-state index contributed by atoms with van der Waals surface area (Å²) in [5, 5.41) is 0. The third kappa shape index (κ3) is 2.88. The summed E-state index contributed by atoms with van der Waals surface area (Å²) >= 11 is 3.07. The highest BCUT2D eigenvalue weighted by molar-refractivity contribution is 9.10. The number of halogens is 3. The van der Waals surface area contributed by atoms with Gasteiger partial charge in [0.15, 0.2) is 0 Å². The molecule has 0 aliphatic carbocycles. The van der Waals surface area contributed by atoms with Crippen molar-refractivity contribution in [3.8, 4) is 0 Å². The Morgan fingerprint density at radius 2 is 2.07 bits per heavy atom. The van der Waals surface area contributed by atoms with E-state index in [2.05, 4.69) is 20.9 Å². The second-order valence-electron chi connectivity index (χ2n) is 2.27. The molecule has 0 aromatic carbocycles. The standard InChI is InChI=1S/C6H5BrF2N2O2S/c7-4-1-2-5(10-3-4)11-14(12,13)6(8)9/h1-3,6H,(H,10,11). The van der Waals surface area contributed by atoms with Gasteiger partial charge in [-0.1, -0.05) is 0 Å². The number of sulfonamides is 1. The lowest BCUT2D eigenvalue weighted by molar-refractivity contribution is 0.236. The van der Waals surface area contributed by atoms with Gasteiger partial charge in [0.05, 0.1) is 0 Å². The van der Waals surface area contributed by atoms with Gasteiger partial charge in [-0.05, 0) is 28.1 Å². The van der Waals surface area contributed by atoms with Crippen LogP contribution in [0.3, 0.4) is 0 Å². The van der Waals surface area contributed by atoms with Gasteiger partial charge in [-0.25, -0.2) is 13.4 Å². The maximum absolute atomic E-state index is 11.9. The van der Waals surface area contributed by atoms with Crippen LogP contribution in [0.5, 0.6) is 0 Å². The number of nitrogens with zero attached hydrogens (tertiary/aromatic N) is 1. The Morgan fingerprint density at radius 3 is 2.50 bits per heavy atom. The normalized spacial score (nSPS) is 11.7. The van der Waals surface area contributed by atoms with Gasteiger partial charge in [-0.15, -0.1) is 0 Å². The summed E-state index contributed by atoms with van der Waals surface area (Å²) in [7, 11) is -4.63. The van der Waals surface area contributed by atoms with Crippen LogP contribution in [0.15, 0.2) is 22.8 Å². The molecule has 0 atom stereocenters. The number of aromatic nitrogens is 1. The summed E-state index contributed by atoms with van der Waals surface area (Å²) < 4.78 is 47.4. The summed E-state index contributed by atoms with van der Waals surface area (Å²) in [6, 6.07) is 2.75. The fourth-order valence-electron chi connectivity index (χ4n) is 0.626. The molecule has 0 aliphatic rings. The average Bonchev–Trinajstić information content (AvgIpc) is 2.08. The number of pyridine rings is 1. The molecule has 0 spiro atoms. The quantitative estimate of drug-likeness (QED) is 0.922. The molecular weight excluding hydrogens is 282 g/mol. The largest absolute Gasteiger partial charge is 0.355 e. The van der Waals surface area contributed by atoms with Gasteiger partial charge in [0.25, 0.3) is 10.0 Å². The van der Waals surface area contributed by atoms with E-state index in [1.807, 2.05) is 0 Å². The minimum Gasteiger partial charge on any atom is -0.263 e. The van der Waals surface area contributed by atoms with Crippen molar-refractivity contribution < 1.29 is 17.2 Å². The zero-order valence-corrected chi connectivity index (χ0v) is 9.02. The number of hydrogen-bond donors (Lipinski definition) is 1. The Hall–Kier alpha value is -0.760. The zero-order valence-electron chi connectivity index (χ0n) is 6.62. The zero-order chi connectivity index (χ0) is 10.8. The maximum atomic E-state index is 11.9. The van der Waals surface area contributed by atoms with E-state index in [0.717, 1.165) is 0 Å². The first-order chi connectivity index (χ1) is 6.42. The van der Waals surface area contributed by atoms with E-state index in [1.54, 1.807) is 4.72 Å². The topological polar surface area (TPSA) is 59.1 Å². The molecule has 0 aliphatic heterocycles. The van der Waals surface area contributed by atoms with E-state index < -0.39 is 15.8 Å². The molecule has 0 unspecified atom stereocenters. The van der Waals surface area contributed by atoms with Gasteiger partial charge in [0.2, 0.25) is 0 Å². The molecule has 1 N–H and O–H groups in total. The minimum atomic E-state index is -4.63. The van der Waals surface area contributed by atoms with E-state index in [4.69, 9.17) is 0 Å². The Labute approximate surface area is 87.5 Å². The highest BCUT2D eigenvalue weighted by Gasteiger charge is 2.23. The van der Waals surface area contributed by atoms with Crippen molar-refractivity contribution in [2.75, 3.05) is 4.72 Å². The summed E-state index contributed by atoms with van der Waals surface area (Å²) in [5.41, 5.74) is 0. The van der Waals surface area contributed by atoms with Crippen molar-refractivity contribution in [2.24, 2.45) is 0 Å². The number of hydrogen-bond acceptors (Lipinski definition) is 3. The van der Waals surface area contributed by atoms with Gasteiger partial charge in [-0.3, -0.25) is 4.72 Å². The molecule has 1 rings (SSSR count). The predicted octanol–water partition coefficient (Wildman–Crippen LogP) is 1.81. The average molecular weight is 287 g/mol. The van der Waals surface area contributed by atoms with Gasteiger partial charge >= 0.3 is 5.76 Å². The first kappa shape index (κ1) is 11.3. The fraction of sp³-hybridized carbons (Fsp3) is 0.167. The number of rotatable bonds is 3. The lowest BCUT2D eigenvalue weighted by atomic mass is 10.5. The smallest absolute Gasteiger partial charge is 0.263 e. The van der Waals surface area contributed by atoms with Crippen LogP contribution in [0.4, 0.5) is 14.6 Å². The summed E-state index contributed by atoms with van der Waals surface area (Å²) in [6.07, 6.45) is 1.29. The molecule has 4 nitrogen and oxygen atoms in total. The third-order valence-corrected chi connectivity index (χ3v) is 2.64. The molecule has 0 saturated heterocycles. The van der Waals surface area contributed by atoms with Crippen molar-refractivity contribution in [2.45, 2.75) is 5.76 Å². The van der Waals surface area contributed by atoms with Crippen LogP contribution in [-0.4, -0.2) is 19.2 Å². The summed E-state index contributed by atoms with van der Waals surface area (Å²) in [4.78, 5) is 3.58. The van der Waals surface area contributed by atoms with Crippen LogP contribution < -0.4 is 4.72 Å². The highest BCUT2D eigenvalue weighted by atomic mass is 79.9. The van der Waals surface area contributed by atoms with E-state index in [1.165, 1.54) is 18.3 Å². The van der Waals surface area contributed by atoms with Gasteiger partial charge in [0, 0.05) is 10.7 Å². The SMILES string of the molecule is O=S(=O)(Nc1ccc(Br)cn1)C(F)F. The summed E-state index contributed by atoms with van der Waals surface area (Å²) in [6.45, 7) is 0. The first-order valence-electron chi connectivity index (χ1n) is 3.33. The van der Waals surface area contributed by atoms with E-state index in [9.17, 15) is 17.2 Å². The molecular formula is C6H5BrF2N2O2S. The molecule has 8 heteroatoms.